The maximum absolute atomic E-state index is 12.5. The van der Waals surface area contributed by atoms with E-state index in [1.54, 1.807) is 62.4 Å². The molecule has 4 aromatic carbocycles. The highest BCUT2D eigenvalue weighted by Crippen LogP contribution is 2.38. The monoisotopic (exact) mass is 560 g/mol. The third kappa shape index (κ3) is 6.45. The van der Waals surface area contributed by atoms with Gasteiger partial charge in [0, 0.05) is 34.4 Å². The Kier molecular flexibility index (Phi) is 8.99. The molecule has 0 radical (unpaired) electrons. The first-order chi connectivity index (χ1) is 19.4. The number of nitro groups is 2. The minimum atomic E-state index is -0.857. The fraction of sp³-hybridized carbons (Fsp3) is 0.103. The molecule has 0 saturated heterocycles. The minimum Gasteiger partial charge on any atom is -0.504 e. The van der Waals surface area contributed by atoms with Crippen LogP contribution in [0, 0.1) is 34.1 Å². The molecule has 0 aliphatic heterocycles. The Morgan fingerprint density at radius 1 is 0.683 bits per heavy atom. The maximum atomic E-state index is 12.5. The standard InChI is InChI=1S/C15H13NO5.C14H11NO5/c1-9-5-3-4-6-11(9)14(17)10-7-12(16(19)20)15(18)13(8-10)21-2;1-8-4-2-3-5-10(8)13(17)9-6-11(15(19)20)14(18)12(16)7-9/h3-8,18H,1-2H3;2-7,16,18H,1H3. The second-order valence-electron chi connectivity index (χ2n) is 8.71. The second kappa shape index (κ2) is 12.4. The number of carbonyl (C=O) groups excluding carboxylic acids is 2. The van der Waals surface area contributed by atoms with Gasteiger partial charge in [0.05, 0.1) is 17.0 Å². The summed E-state index contributed by atoms with van der Waals surface area (Å²) in [5.41, 5.74) is 1.07. The molecule has 4 rings (SSSR count). The van der Waals surface area contributed by atoms with Crippen LogP contribution in [-0.2, 0) is 0 Å². The third-order valence-electron chi connectivity index (χ3n) is 6.04. The number of aryl methyl sites for hydroxylation is 2. The van der Waals surface area contributed by atoms with Gasteiger partial charge in [-0.3, -0.25) is 29.8 Å². The first-order valence-electron chi connectivity index (χ1n) is 11.8. The van der Waals surface area contributed by atoms with Gasteiger partial charge in [-0.15, -0.1) is 0 Å². The number of benzene rings is 4. The van der Waals surface area contributed by atoms with E-state index >= 15 is 0 Å². The lowest BCUT2D eigenvalue weighted by atomic mass is 9.98. The number of methoxy groups -OCH3 is 1. The summed E-state index contributed by atoms with van der Waals surface area (Å²) in [5, 5.41) is 50.3. The van der Waals surface area contributed by atoms with Crippen molar-refractivity contribution < 1.29 is 39.5 Å². The molecule has 0 fully saturated rings. The Morgan fingerprint density at radius 3 is 1.51 bits per heavy atom. The van der Waals surface area contributed by atoms with Crippen LogP contribution in [0.2, 0.25) is 0 Å². The van der Waals surface area contributed by atoms with Crippen LogP contribution < -0.4 is 4.74 Å². The highest BCUT2D eigenvalue weighted by molar-refractivity contribution is 6.11. The van der Waals surface area contributed by atoms with E-state index in [0.717, 1.165) is 23.8 Å². The van der Waals surface area contributed by atoms with E-state index in [1.807, 2.05) is 0 Å². The van der Waals surface area contributed by atoms with Gasteiger partial charge in [-0.25, -0.2) is 0 Å². The Bertz CT molecular complexity index is 1680. The van der Waals surface area contributed by atoms with Gasteiger partial charge >= 0.3 is 11.4 Å². The van der Waals surface area contributed by atoms with Crippen LogP contribution in [0.5, 0.6) is 23.0 Å². The van der Waals surface area contributed by atoms with Crippen molar-refractivity contribution in [1.82, 2.24) is 0 Å². The zero-order chi connectivity index (χ0) is 30.4. The summed E-state index contributed by atoms with van der Waals surface area (Å²) in [4.78, 5) is 44.9. The summed E-state index contributed by atoms with van der Waals surface area (Å²) < 4.78 is 4.89. The second-order valence-corrected chi connectivity index (χ2v) is 8.71. The lowest BCUT2D eigenvalue weighted by Crippen LogP contribution is -2.05. The molecule has 12 heteroatoms. The molecule has 0 aliphatic rings. The molecule has 0 aliphatic carbocycles. The molecule has 0 heterocycles. The molecule has 0 amide bonds. The van der Waals surface area contributed by atoms with Crippen molar-refractivity contribution in [2.24, 2.45) is 0 Å². The van der Waals surface area contributed by atoms with Crippen LogP contribution in [0.1, 0.15) is 43.0 Å². The molecule has 0 bridgehead atoms. The van der Waals surface area contributed by atoms with Crippen molar-refractivity contribution in [3.8, 4) is 23.0 Å². The molecule has 0 spiro atoms. The summed E-state index contributed by atoms with van der Waals surface area (Å²) in [6.07, 6.45) is 0. The van der Waals surface area contributed by atoms with E-state index in [-0.39, 0.29) is 22.7 Å². The first kappa shape index (κ1) is 29.8. The molecule has 0 aromatic heterocycles. The molecule has 0 unspecified atom stereocenters. The van der Waals surface area contributed by atoms with Gasteiger partial charge in [0.1, 0.15) is 0 Å². The number of ketones is 2. The van der Waals surface area contributed by atoms with Crippen LogP contribution in [0.15, 0.2) is 72.8 Å². The van der Waals surface area contributed by atoms with Crippen LogP contribution in [-0.4, -0.2) is 43.8 Å². The van der Waals surface area contributed by atoms with Crippen LogP contribution >= 0.6 is 0 Å². The van der Waals surface area contributed by atoms with Gasteiger partial charge in [0.15, 0.2) is 23.1 Å². The topological polar surface area (TPSA) is 190 Å². The Morgan fingerprint density at radius 2 is 1.10 bits per heavy atom. The van der Waals surface area contributed by atoms with Gasteiger partial charge in [0.25, 0.3) is 0 Å². The smallest absolute Gasteiger partial charge is 0.315 e. The number of nitro benzene ring substituents is 2. The molecule has 4 aromatic rings. The van der Waals surface area contributed by atoms with Crippen molar-refractivity contribution in [2.75, 3.05) is 7.11 Å². The molecule has 12 nitrogen and oxygen atoms in total. The first-order valence-corrected chi connectivity index (χ1v) is 11.8. The fourth-order valence-corrected chi connectivity index (χ4v) is 3.86. The lowest BCUT2D eigenvalue weighted by Gasteiger charge is -2.08. The number of aromatic hydroxyl groups is 3. The van der Waals surface area contributed by atoms with Crippen molar-refractivity contribution in [2.45, 2.75) is 13.8 Å². The van der Waals surface area contributed by atoms with Crippen molar-refractivity contribution >= 4 is 22.9 Å². The van der Waals surface area contributed by atoms with Gasteiger partial charge in [-0.05, 0) is 37.1 Å². The quantitative estimate of drug-likeness (QED) is 0.114. The highest BCUT2D eigenvalue weighted by Gasteiger charge is 2.24. The Labute approximate surface area is 233 Å². The summed E-state index contributed by atoms with van der Waals surface area (Å²) in [6, 6.07) is 18.0. The number of phenolic OH excluding ortho intramolecular Hbond substituents is 3. The molecular formula is C29H24N2O10. The van der Waals surface area contributed by atoms with E-state index in [1.165, 1.54) is 13.2 Å². The number of carbonyl (C=O) groups is 2. The predicted octanol–water partition coefficient (Wildman–Crippen LogP) is 5.39. The van der Waals surface area contributed by atoms with Gasteiger partial charge in [-0.2, -0.15) is 0 Å². The zero-order valence-corrected chi connectivity index (χ0v) is 22.0. The van der Waals surface area contributed by atoms with Crippen molar-refractivity contribution in [1.29, 1.82) is 0 Å². The number of hydrogen-bond donors (Lipinski definition) is 3. The zero-order valence-electron chi connectivity index (χ0n) is 22.0. The van der Waals surface area contributed by atoms with Crippen LogP contribution in [0.3, 0.4) is 0 Å². The summed E-state index contributed by atoms with van der Waals surface area (Å²) in [7, 11) is 1.26. The van der Waals surface area contributed by atoms with Crippen LogP contribution in [0.4, 0.5) is 11.4 Å². The lowest BCUT2D eigenvalue weighted by molar-refractivity contribution is -0.386. The summed E-state index contributed by atoms with van der Waals surface area (Å²) in [6.45, 7) is 3.52. The minimum absolute atomic E-state index is 0.0544. The average molecular weight is 561 g/mol. The number of nitrogens with zero attached hydrogens (tertiary/aromatic N) is 2. The number of hydrogen-bond acceptors (Lipinski definition) is 10. The highest BCUT2D eigenvalue weighted by atomic mass is 16.6. The van der Waals surface area contributed by atoms with Gasteiger partial charge in [-0.1, -0.05) is 48.5 Å². The number of ether oxygens (including phenoxy) is 1. The largest absolute Gasteiger partial charge is 0.504 e. The average Bonchev–Trinajstić information content (AvgIpc) is 2.94. The van der Waals surface area contributed by atoms with Crippen molar-refractivity contribution in [3.05, 3.63) is 126 Å². The molecule has 3 N–H and O–H groups in total. The van der Waals surface area contributed by atoms with E-state index < -0.39 is 44.3 Å². The molecule has 210 valence electrons. The summed E-state index contributed by atoms with van der Waals surface area (Å²) >= 11 is 0. The van der Waals surface area contributed by atoms with E-state index in [2.05, 4.69) is 0 Å². The van der Waals surface area contributed by atoms with Crippen LogP contribution in [0.25, 0.3) is 0 Å². The van der Waals surface area contributed by atoms with Gasteiger partial charge < -0.3 is 20.1 Å². The number of rotatable bonds is 7. The number of phenols is 3. The van der Waals surface area contributed by atoms with E-state index in [0.29, 0.717) is 16.7 Å². The predicted molar refractivity (Wildman–Crippen MR) is 147 cm³/mol. The SMILES string of the molecule is COc1cc(C(=O)c2ccccc2C)cc([N+](=O)[O-])c1O.Cc1ccccc1C(=O)c1cc(O)c(O)c([N+](=O)[O-])c1. The molecule has 41 heavy (non-hydrogen) atoms. The van der Waals surface area contributed by atoms with Gasteiger partial charge in [0.2, 0.25) is 11.5 Å². The molecule has 0 atom stereocenters. The van der Waals surface area contributed by atoms with Crippen molar-refractivity contribution in [3.63, 3.8) is 0 Å². The fourth-order valence-electron chi connectivity index (χ4n) is 3.86. The summed E-state index contributed by atoms with van der Waals surface area (Å²) in [5.74, 6) is -3.08. The third-order valence-corrected chi connectivity index (χ3v) is 6.04. The van der Waals surface area contributed by atoms with E-state index in [4.69, 9.17) is 4.74 Å². The Balaban J connectivity index is 0.000000226. The normalized spacial score (nSPS) is 10.2. The van der Waals surface area contributed by atoms with E-state index in [9.17, 15) is 45.1 Å². The molecular weight excluding hydrogens is 536 g/mol. The molecule has 0 saturated carbocycles. The Hall–Kier alpha value is -5.78. The maximum Gasteiger partial charge on any atom is 0.315 e.